The number of carbonyl (C=O) groups excluding carboxylic acids is 3. The zero-order valence-corrected chi connectivity index (χ0v) is 17.1. The van der Waals surface area contributed by atoms with E-state index in [-0.39, 0.29) is 12.5 Å². The van der Waals surface area contributed by atoms with Crippen molar-refractivity contribution in [2.75, 3.05) is 37.7 Å². The molecule has 1 aromatic rings. The number of benzene rings is 1. The van der Waals surface area contributed by atoms with E-state index in [1.165, 1.54) is 37.4 Å². The van der Waals surface area contributed by atoms with Crippen LogP contribution in [0.25, 0.3) is 6.08 Å². The Morgan fingerprint density at radius 3 is 2.34 bits per heavy atom. The molecular formula is C22H31N3O4. The van der Waals surface area contributed by atoms with Gasteiger partial charge in [0.05, 0.1) is 6.54 Å². The van der Waals surface area contributed by atoms with Gasteiger partial charge in [-0.25, -0.2) is 4.79 Å². The van der Waals surface area contributed by atoms with Gasteiger partial charge < -0.3 is 20.3 Å². The lowest BCUT2D eigenvalue weighted by Gasteiger charge is -2.22. The van der Waals surface area contributed by atoms with E-state index in [0.717, 1.165) is 25.1 Å². The molecule has 0 atom stereocenters. The molecule has 2 N–H and O–H groups in total. The van der Waals surface area contributed by atoms with Gasteiger partial charge in [0.25, 0.3) is 5.91 Å². The minimum absolute atomic E-state index is 0.129. The molecule has 0 spiro atoms. The highest BCUT2D eigenvalue weighted by Gasteiger charge is 2.10. The SMILES string of the molecule is CCCNC(=O)CNC(=O)COC(=O)/C=C/c1ccc(N2CCCCCC2)cc1. The summed E-state index contributed by atoms with van der Waals surface area (Å²) in [6.07, 6.45) is 8.82. The lowest BCUT2D eigenvalue weighted by atomic mass is 10.1. The highest BCUT2D eigenvalue weighted by Crippen LogP contribution is 2.20. The number of nitrogens with one attached hydrogen (secondary N) is 2. The van der Waals surface area contributed by atoms with Gasteiger partial charge in [0.2, 0.25) is 5.91 Å². The summed E-state index contributed by atoms with van der Waals surface area (Å²) in [5.74, 6) is -1.39. The lowest BCUT2D eigenvalue weighted by molar-refractivity contribution is -0.143. The molecule has 0 bridgehead atoms. The molecule has 0 unspecified atom stereocenters. The minimum atomic E-state index is -0.604. The maximum absolute atomic E-state index is 11.8. The van der Waals surface area contributed by atoms with Crippen LogP contribution < -0.4 is 15.5 Å². The molecule has 1 aromatic carbocycles. The van der Waals surface area contributed by atoms with Crippen LogP contribution in [0, 0.1) is 0 Å². The third-order valence-corrected chi connectivity index (χ3v) is 4.64. The van der Waals surface area contributed by atoms with Crippen LogP contribution in [-0.2, 0) is 19.1 Å². The molecular weight excluding hydrogens is 370 g/mol. The maximum atomic E-state index is 11.8. The van der Waals surface area contributed by atoms with Crippen molar-refractivity contribution < 1.29 is 19.1 Å². The van der Waals surface area contributed by atoms with Crippen molar-refractivity contribution in [1.82, 2.24) is 10.6 Å². The first-order valence-corrected chi connectivity index (χ1v) is 10.3. The fourth-order valence-electron chi connectivity index (χ4n) is 3.03. The fourth-order valence-corrected chi connectivity index (χ4v) is 3.03. The van der Waals surface area contributed by atoms with Gasteiger partial charge >= 0.3 is 5.97 Å². The summed E-state index contributed by atoms with van der Waals surface area (Å²) in [7, 11) is 0. The van der Waals surface area contributed by atoms with E-state index >= 15 is 0 Å². The molecule has 1 aliphatic rings. The second-order valence-corrected chi connectivity index (χ2v) is 7.06. The van der Waals surface area contributed by atoms with Crippen molar-refractivity contribution in [3.05, 3.63) is 35.9 Å². The van der Waals surface area contributed by atoms with Crippen LogP contribution in [0.1, 0.15) is 44.6 Å². The quantitative estimate of drug-likeness (QED) is 0.490. The number of esters is 1. The molecule has 158 valence electrons. The summed E-state index contributed by atoms with van der Waals surface area (Å²) in [5, 5.41) is 5.05. The summed E-state index contributed by atoms with van der Waals surface area (Å²) in [6, 6.07) is 8.05. The molecule has 2 amide bonds. The molecule has 1 fully saturated rings. The number of rotatable bonds is 9. The standard InChI is InChI=1S/C22H31N3O4/c1-2-13-23-20(26)16-24-21(27)17-29-22(28)12-9-18-7-10-19(11-8-18)25-14-5-3-4-6-15-25/h7-12H,2-6,13-17H2,1H3,(H,23,26)(H,24,27)/b12-9+. The third-order valence-electron chi connectivity index (χ3n) is 4.64. The van der Waals surface area contributed by atoms with Gasteiger partial charge in [-0.2, -0.15) is 0 Å². The van der Waals surface area contributed by atoms with E-state index in [4.69, 9.17) is 4.74 Å². The molecule has 0 saturated carbocycles. The van der Waals surface area contributed by atoms with E-state index in [1.807, 2.05) is 19.1 Å². The van der Waals surface area contributed by atoms with Gasteiger partial charge in [-0.3, -0.25) is 9.59 Å². The summed E-state index contributed by atoms with van der Waals surface area (Å²) in [4.78, 5) is 37.2. The molecule has 0 aromatic heterocycles. The van der Waals surface area contributed by atoms with Crippen LogP contribution >= 0.6 is 0 Å². The van der Waals surface area contributed by atoms with Gasteiger partial charge in [0, 0.05) is 31.4 Å². The first kappa shape index (κ1) is 22.5. The molecule has 0 radical (unpaired) electrons. The van der Waals surface area contributed by atoms with Crippen molar-refractivity contribution in [1.29, 1.82) is 0 Å². The minimum Gasteiger partial charge on any atom is -0.452 e. The van der Waals surface area contributed by atoms with Gasteiger partial charge in [0.15, 0.2) is 6.61 Å². The van der Waals surface area contributed by atoms with Crippen LogP contribution in [-0.4, -0.2) is 50.6 Å². The first-order valence-electron chi connectivity index (χ1n) is 10.3. The van der Waals surface area contributed by atoms with Crippen molar-refractivity contribution in [2.45, 2.75) is 39.0 Å². The number of anilines is 1. The van der Waals surface area contributed by atoms with E-state index < -0.39 is 18.5 Å². The normalized spacial score (nSPS) is 14.3. The number of amides is 2. The average Bonchev–Trinajstić information content (AvgIpc) is 3.03. The number of nitrogens with zero attached hydrogens (tertiary/aromatic N) is 1. The summed E-state index contributed by atoms with van der Waals surface area (Å²) >= 11 is 0. The van der Waals surface area contributed by atoms with Crippen LogP contribution in [0.15, 0.2) is 30.3 Å². The Bertz CT molecular complexity index is 693. The highest BCUT2D eigenvalue weighted by molar-refractivity contribution is 5.90. The van der Waals surface area contributed by atoms with E-state index in [2.05, 4.69) is 27.7 Å². The summed E-state index contributed by atoms with van der Waals surface area (Å²) in [5.41, 5.74) is 2.09. The Morgan fingerprint density at radius 1 is 1.00 bits per heavy atom. The Kier molecular flexibility index (Phi) is 9.75. The van der Waals surface area contributed by atoms with Crippen molar-refractivity contribution in [3.63, 3.8) is 0 Å². The second kappa shape index (κ2) is 12.6. The van der Waals surface area contributed by atoms with Crippen molar-refractivity contribution in [2.24, 2.45) is 0 Å². The molecule has 1 heterocycles. The van der Waals surface area contributed by atoms with E-state index in [9.17, 15) is 14.4 Å². The topological polar surface area (TPSA) is 87.7 Å². The maximum Gasteiger partial charge on any atom is 0.331 e. The zero-order chi connectivity index (χ0) is 20.9. The van der Waals surface area contributed by atoms with Crippen LogP contribution in [0.2, 0.25) is 0 Å². The fraction of sp³-hybridized carbons (Fsp3) is 0.500. The molecule has 29 heavy (non-hydrogen) atoms. The number of ether oxygens (including phenoxy) is 1. The molecule has 7 nitrogen and oxygen atoms in total. The van der Waals surface area contributed by atoms with E-state index in [1.54, 1.807) is 6.08 Å². The van der Waals surface area contributed by atoms with Crippen molar-refractivity contribution >= 4 is 29.5 Å². The van der Waals surface area contributed by atoms with E-state index in [0.29, 0.717) is 6.54 Å². The Balaban J connectivity index is 1.71. The summed E-state index contributed by atoms with van der Waals surface area (Å²) in [6.45, 7) is 4.13. The lowest BCUT2D eigenvalue weighted by Crippen LogP contribution is -2.38. The first-order chi connectivity index (χ1) is 14.1. The van der Waals surface area contributed by atoms with Crippen LogP contribution in [0.3, 0.4) is 0 Å². The second-order valence-electron chi connectivity index (χ2n) is 7.06. The van der Waals surface area contributed by atoms with Gasteiger partial charge in [-0.15, -0.1) is 0 Å². The van der Waals surface area contributed by atoms with Crippen LogP contribution in [0.4, 0.5) is 5.69 Å². The largest absolute Gasteiger partial charge is 0.452 e. The predicted molar refractivity (Wildman–Crippen MR) is 113 cm³/mol. The van der Waals surface area contributed by atoms with Gasteiger partial charge in [-0.1, -0.05) is 31.9 Å². The zero-order valence-electron chi connectivity index (χ0n) is 17.1. The molecule has 2 rings (SSSR count). The number of hydrogen-bond acceptors (Lipinski definition) is 5. The smallest absolute Gasteiger partial charge is 0.331 e. The number of carbonyl (C=O) groups is 3. The molecule has 1 saturated heterocycles. The van der Waals surface area contributed by atoms with Crippen LogP contribution in [0.5, 0.6) is 0 Å². The monoisotopic (exact) mass is 401 g/mol. The molecule has 7 heteroatoms. The summed E-state index contributed by atoms with van der Waals surface area (Å²) < 4.78 is 4.89. The van der Waals surface area contributed by atoms with Gasteiger partial charge in [0.1, 0.15) is 0 Å². The highest BCUT2D eigenvalue weighted by atomic mass is 16.5. The number of hydrogen-bond donors (Lipinski definition) is 2. The Hall–Kier alpha value is -2.83. The van der Waals surface area contributed by atoms with Crippen molar-refractivity contribution in [3.8, 4) is 0 Å². The molecule has 0 aliphatic carbocycles. The third kappa shape index (κ3) is 8.81. The Morgan fingerprint density at radius 2 is 1.69 bits per heavy atom. The predicted octanol–water partition coefficient (Wildman–Crippen LogP) is 2.27. The Labute approximate surface area is 172 Å². The average molecular weight is 402 g/mol. The van der Waals surface area contributed by atoms with Gasteiger partial charge in [-0.05, 0) is 43.0 Å². The molecule has 1 aliphatic heterocycles.